The molecule has 1 saturated heterocycles. The summed E-state index contributed by atoms with van der Waals surface area (Å²) >= 11 is 0. The molecule has 31 heavy (non-hydrogen) atoms. The summed E-state index contributed by atoms with van der Waals surface area (Å²) in [6.45, 7) is 5.49. The lowest BCUT2D eigenvalue weighted by Crippen LogP contribution is -2.37. The van der Waals surface area contributed by atoms with E-state index in [1.54, 1.807) is 19.1 Å². The Hall–Kier alpha value is -3.14. The molecule has 0 radical (unpaired) electrons. The van der Waals surface area contributed by atoms with Crippen LogP contribution in [0.3, 0.4) is 0 Å². The third kappa shape index (κ3) is 3.95. The van der Waals surface area contributed by atoms with Gasteiger partial charge in [-0.15, -0.1) is 0 Å². The Kier molecular flexibility index (Phi) is 5.34. The summed E-state index contributed by atoms with van der Waals surface area (Å²) in [5.74, 6) is -0.0993. The Labute approximate surface area is 176 Å². The summed E-state index contributed by atoms with van der Waals surface area (Å²) in [6, 6.07) is 5.72. The fourth-order valence-corrected chi connectivity index (χ4v) is 3.86. The van der Waals surface area contributed by atoms with E-state index in [-0.39, 0.29) is 17.7 Å². The second kappa shape index (κ2) is 7.84. The van der Waals surface area contributed by atoms with Crippen LogP contribution in [0.4, 0.5) is 19.0 Å². The quantitative estimate of drug-likeness (QED) is 0.684. The number of fused-ring (bicyclic) bond motifs is 1. The number of morpholine rings is 1. The van der Waals surface area contributed by atoms with Crippen LogP contribution in [0.1, 0.15) is 38.4 Å². The Morgan fingerprint density at radius 1 is 1.23 bits per heavy atom. The van der Waals surface area contributed by atoms with Gasteiger partial charge < -0.3 is 15.4 Å². The lowest BCUT2D eigenvalue weighted by atomic mass is 9.96. The molecular weight excluding hydrogens is 411 g/mol. The zero-order chi connectivity index (χ0) is 22.3. The zero-order valence-corrected chi connectivity index (χ0v) is 17.2. The van der Waals surface area contributed by atoms with Crippen molar-refractivity contribution in [3.63, 3.8) is 0 Å². The average molecular weight is 433 g/mol. The number of anilines is 1. The molecule has 2 N–H and O–H groups in total. The molecule has 164 valence electrons. The predicted molar refractivity (Wildman–Crippen MR) is 108 cm³/mol. The summed E-state index contributed by atoms with van der Waals surface area (Å²) in [7, 11) is 0. The molecule has 0 atom stereocenters. The van der Waals surface area contributed by atoms with Crippen LogP contribution in [-0.2, 0) is 17.3 Å². The van der Waals surface area contributed by atoms with E-state index >= 15 is 0 Å². The van der Waals surface area contributed by atoms with Crippen LogP contribution in [-0.4, -0.2) is 46.8 Å². The smallest absolute Gasteiger partial charge is 0.378 e. The summed E-state index contributed by atoms with van der Waals surface area (Å²) in [6.07, 6.45) is -4.24. The largest absolute Gasteiger partial charge is 0.416 e. The highest BCUT2D eigenvalue weighted by Crippen LogP contribution is 2.34. The first-order valence-corrected chi connectivity index (χ1v) is 9.84. The third-order valence-corrected chi connectivity index (χ3v) is 5.58. The molecule has 0 saturated carbocycles. The minimum atomic E-state index is -4.43. The molecule has 4 rings (SSSR count). The summed E-state index contributed by atoms with van der Waals surface area (Å²) < 4.78 is 46.8. The number of halogens is 3. The zero-order valence-electron chi connectivity index (χ0n) is 17.2. The molecule has 2 aromatic heterocycles. The van der Waals surface area contributed by atoms with Gasteiger partial charge in [0, 0.05) is 31.1 Å². The maximum absolute atomic E-state index is 13.3. The van der Waals surface area contributed by atoms with Crippen LogP contribution in [0, 0.1) is 13.8 Å². The van der Waals surface area contributed by atoms with Gasteiger partial charge in [0.1, 0.15) is 11.5 Å². The second-order valence-corrected chi connectivity index (χ2v) is 7.53. The van der Waals surface area contributed by atoms with Gasteiger partial charge in [-0.1, -0.05) is 12.1 Å². The van der Waals surface area contributed by atoms with E-state index in [1.807, 2.05) is 4.90 Å². The topological polar surface area (TPSA) is 85.8 Å². The van der Waals surface area contributed by atoms with Gasteiger partial charge in [-0.2, -0.15) is 18.3 Å². The van der Waals surface area contributed by atoms with Crippen LogP contribution in [0.5, 0.6) is 0 Å². The van der Waals surface area contributed by atoms with Crippen molar-refractivity contribution in [1.29, 1.82) is 0 Å². The number of rotatable bonds is 4. The Bertz CT molecular complexity index is 1150. The van der Waals surface area contributed by atoms with Crippen molar-refractivity contribution < 1.29 is 22.7 Å². The van der Waals surface area contributed by atoms with E-state index in [4.69, 9.17) is 15.5 Å². The van der Waals surface area contributed by atoms with Gasteiger partial charge in [0.2, 0.25) is 0 Å². The highest BCUT2D eigenvalue weighted by Gasteiger charge is 2.33. The summed E-state index contributed by atoms with van der Waals surface area (Å²) in [5.41, 5.74) is 7.40. The van der Waals surface area contributed by atoms with Crippen molar-refractivity contribution in [3.8, 4) is 0 Å². The number of primary amides is 1. The average Bonchev–Trinajstić information content (AvgIpc) is 3.03. The number of aromatic nitrogens is 3. The number of hydrogen-bond donors (Lipinski definition) is 1. The molecule has 1 aromatic carbocycles. The lowest BCUT2D eigenvalue weighted by Gasteiger charge is -2.28. The Balaban J connectivity index is 1.84. The fourth-order valence-electron chi connectivity index (χ4n) is 3.86. The first-order chi connectivity index (χ1) is 14.7. The standard InChI is InChI=1S/C21H22F3N5O2/c1-12-14(4-3-5-16(12)21(22,23)24)10-15-13(2)27-29-17(19(25)30)11-18(26-20(15)29)28-6-8-31-9-7-28/h3-5,11H,6-10H2,1-2H3,(H2,25,30). The minimum absolute atomic E-state index is 0.160. The fraction of sp³-hybridized carbons (Fsp3) is 0.381. The summed E-state index contributed by atoms with van der Waals surface area (Å²) in [4.78, 5) is 18.8. The van der Waals surface area contributed by atoms with Crippen LogP contribution >= 0.6 is 0 Å². The molecule has 1 aliphatic heterocycles. The van der Waals surface area contributed by atoms with Crippen molar-refractivity contribution in [2.45, 2.75) is 26.4 Å². The van der Waals surface area contributed by atoms with Crippen LogP contribution in [0.25, 0.3) is 5.65 Å². The molecule has 0 aliphatic carbocycles. The highest BCUT2D eigenvalue weighted by atomic mass is 19.4. The molecule has 3 heterocycles. The number of benzene rings is 1. The van der Waals surface area contributed by atoms with E-state index in [1.165, 1.54) is 17.5 Å². The number of nitrogens with two attached hydrogens (primary N) is 1. The van der Waals surface area contributed by atoms with Gasteiger partial charge in [-0.05, 0) is 31.0 Å². The molecule has 1 fully saturated rings. The van der Waals surface area contributed by atoms with Gasteiger partial charge in [0.05, 0.1) is 24.5 Å². The van der Waals surface area contributed by atoms with E-state index in [0.29, 0.717) is 54.6 Å². The number of ether oxygens (including phenoxy) is 1. The highest BCUT2D eigenvalue weighted by molar-refractivity contribution is 5.92. The number of alkyl halides is 3. The molecular formula is C21H22F3N5O2. The van der Waals surface area contributed by atoms with Crippen molar-refractivity contribution in [1.82, 2.24) is 14.6 Å². The van der Waals surface area contributed by atoms with Crippen molar-refractivity contribution in [2.75, 3.05) is 31.2 Å². The maximum Gasteiger partial charge on any atom is 0.416 e. The molecule has 1 aliphatic rings. The molecule has 10 heteroatoms. The lowest BCUT2D eigenvalue weighted by molar-refractivity contribution is -0.138. The van der Waals surface area contributed by atoms with Gasteiger partial charge in [-0.25, -0.2) is 9.50 Å². The van der Waals surface area contributed by atoms with Gasteiger partial charge in [0.15, 0.2) is 5.65 Å². The second-order valence-electron chi connectivity index (χ2n) is 7.53. The normalized spacial score (nSPS) is 14.9. The number of carbonyl (C=O) groups excluding carboxylic acids is 1. The van der Waals surface area contributed by atoms with Crippen LogP contribution < -0.4 is 10.6 Å². The van der Waals surface area contributed by atoms with Crippen molar-refractivity contribution in [2.24, 2.45) is 5.73 Å². The van der Waals surface area contributed by atoms with E-state index in [9.17, 15) is 18.0 Å². The number of carbonyl (C=O) groups is 1. The minimum Gasteiger partial charge on any atom is -0.378 e. The van der Waals surface area contributed by atoms with E-state index in [2.05, 4.69) is 5.10 Å². The molecule has 0 bridgehead atoms. The molecule has 1 amide bonds. The van der Waals surface area contributed by atoms with Gasteiger partial charge in [0.25, 0.3) is 5.91 Å². The van der Waals surface area contributed by atoms with Gasteiger partial charge in [-0.3, -0.25) is 4.79 Å². The first-order valence-electron chi connectivity index (χ1n) is 9.84. The molecule has 0 unspecified atom stereocenters. The van der Waals surface area contributed by atoms with Crippen LogP contribution in [0.15, 0.2) is 24.3 Å². The third-order valence-electron chi connectivity index (χ3n) is 5.58. The molecule has 0 spiro atoms. The van der Waals surface area contributed by atoms with Gasteiger partial charge >= 0.3 is 6.18 Å². The SMILES string of the molecule is Cc1nn2c(C(N)=O)cc(N3CCOCC3)nc2c1Cc1cccc(C(F)(F)F)c1C. The molecule has 3 aromatic rings. The predicted octanol–water partition coefficient (Wildman–Crippen LogP) is 2.89. The number of nitrogens with zero attached hydrogens (tertiary/aromatic N) is 4. The van der Waals surface area contributed by atoms with Crippen LogP contribution in [0.2, 0.25) is 0 Å². The Morgan fingerprint density at radius 3 is 2.58 bits per heavy atom. The van der Waals surface area contributed by atoms with E-state index in [0.717, 1.165) is 6.07 Å². The number of amides is 1. The van der Waals surface area contributed by atoms with Crippen molar-refractivity contribution in [3.05, 3.63) is 57.9 Å². The monoisotopic (exact) mass is 433 g/mol. The maximum atomic E-state index is 13.3. The molecule has 7 nitrogen and oxygen atoms in total. The van der Waals surface area contributed by atoms with Crippen molar-refractivity contribution >= 4 is 17.4 Å². The number of aryl methyl sites for hydroxylation is 1. The Morgan fingerprint density at radius 2 is 1.94 bits per heavy atom. The number of hydrogen-bond acceptors (Lipinski definition) is 5. The summed E-state index contributed by atoms with van der Waals surface area (Å²) in [5, 5.41) is 4.41. The van der Waals surface area contributed by atoms with E-state index < -0.39 is 17.6 Å². The first kappa shape index (κ1) is 21.1.